The lowest BCUT2D eigenvalue weighted by Gasteiger charge is -2.30. The van der Waals surface area contributed by atoms with E-state index in [9.17, 15) is 9.59 Å². The van der Waals surface area contributed by atoms with Gasteiger partial charge in [0.2, 0.25) is 22.1 Å². The lowest BCUT2D eigenvalue weighted by Crippen LogP contribution is -2.40. The number of nitrogens with zero attached hydrogens (tertiary/aromatic N) is 4. The molecule has 0 unspecified atom stereocenters. The fourth-order valence-corrected chi connectivity index (χ4v) is 3.96. The zero-order valence-corrected chi connectivity index (χ0v) is 14.3. The molecule has 3 heterocycles. The average Bonchev–Trinajstić information content (AvgIpc) is 3.21. The van der Waals surface area contributed by atoms with Crippen molar-refractivity contribution in [2.75, 3.05) is 36.0 Å². The van der Waals surface area contributed by atoms with Gasteiger partial charge < -0.3 is 10.2 Å². The van der Waals surface area contributed by atoms with Crippen molar-refractivity contribution in [1.82, 2.24) is 15.5 Å². The second kappa shape index (κ2) is 7.25. The van der Waals surface area contributed by atoms with Gasteiger partial charge >= 0.3 is 0 Å². The van der Waals surface area contributed by atoms with Gasteiger partial charge in [-0.05, 0) is 25.7 Å². The summed E-state index contributed by atoms with van der Waals surface area (Å²) in [5.41, 5.74) is 0. The van der Waals surface area contributed by atoms with Gasteiger partial charge in [0.15, 0.2) is 0 Å². The Morgan fingerprint density at radius 2 is 2.00 bits per heavy atom. The molecular formula is C15H23N5O2S. The van der Waals surface area contributed by atoms with E-state index in [0.717, 1.165) is 57.0 Å². The Hall–Kier alpha value is -1.70. The highest BCUT2D eigenvalue weighted by molar-refractivity contribution is 7.19. The molecule has 0 aromatic carbocycles. The van der Waals surface area contributed by atoms with Crippen LogP contribution in [-0.4, -0.2) is 48.2 Å². The zero-order chi connectivity index (χ0) is 16.2. The molecule has 2 aliphatic heterocycles. The summed E-state index contributed by atoms with van der Waals surface area (Å²) in [6, 6.07) is 0. The van der Waals surface area contributed by atoms with Crippen molar-refractivity contribution >= 4 is 33.4 Å². The first-order valence-corrected chi connectivity index (χ1v) is 9.17. The van der Waals surface area contributed by atoms with Gasteiger partial charge in [-0.1, -0.05) is 18.3 Å². The van der Waals surface area contributed by atoms with Gasteiger partial charge in [-0.2, -0.15) is 0 Å². The lowest BCUT2D eigenvalue weighted by atomic mass is 9.96. The summed E-state index contributed by atoms with van der Waals surface area (Å²) in [7, 11) is 0. The second-order valence-corrected chi connectivity index (χ2v) is 7.00. The van der Waals surface area contributed by atoms with Gasteiger partial charge in [-0.15, -0.1) is 10.2 Å². The maximum atomic E-state index is 12.0. The van der Waals surface area contributed by atoms with Crippen LogP contribution in [0.4, 0.5) is 10.3 Å². The number of amides is 2. The number of carbonyl (C=O) groups is 2. The predicted molar refractivity (Wildman–Crippen MR) is 89.7 cm³/mol. The Bertz CT molecular complexity index is 568. The van der Waals surface area contributed by atoms with Crippen molar-refractivity contribution < 1.29 is 9.59 Å². The first kappa shape index (κ1) is 16.2. The van der Waals surface area contributed by atoms with E-state index in [1.54, 1.807) is 4.90 Å². The van der Waals surface area contributed by atoms with Crippen LogP contribution in [0.1, 0.15) is 39.0 Å². The first-order valence-electron chi connectivity index (χ1n) is 8.35. The van der Waals surface area contributed by atoms with Crippen LogP contribution in [0.25, 0.3) is 0 Å². The molecule has 2 aliphatic rings. The van der Waals surface area contributed by atoms with E-state index >= 15 is 0 Å². The molecule has 1 N–H and O–H groups in total. The molecule has 0 radical (unpaired) electrons. The van der Waals surface area contributed by atoms with Crippen LogP contribution in [0.5, 0.6) is 0 Å². The van der Waals surface area contributed by atoms with E-state index in [1.165, 1.54) is 11.3 Å². The molecule has 0 aliphatic carbocycles. The molecule has 2 saturated heterocycles. The summed E-state index contributed by atoms with van der Waals surface area (Å²) in [6.07, 6.45) is 4.15. The largest absolute Gasteiger partial charge is 0.356 e. The normalized spacial score (nSPS) is 19.4. The van der Waals surface area contributed by atoms with Crippen LogP contribution in [0.15, 0.2) is 0 Å². The maximum absolute atomic E-state index is 12.0. The summed E-state index contributed by atoms with van der Waals surface area (Å²) in [5, 5.41) is 12.9. The molecule has 126 valence electrons. The van der Waals surface area contributed by atoms with Crippen molar-refractivity contribution in [3.05, 3.63) is 0 Å². The molecule has 7 nitrogen and oxygen atoms in total. The van der Waals surface area contributed by atoms with Gasteiger partial charge in [0.05, 0.1) is 0 Å². The van der Waals surface area contributed by atoms with E-state index in [1.807, 2.05) is 0 Å². The highest BCUT2D eigenvalue weighted by Crippen LogP contribution is 2.32. The Balaban J connectivity index is 1.55. The number of hydrogen-bond donors (Lipinski definition) is 1. The van der Waals surface area contributed by atoms with Crippen molar-refractivity contribution in [3.63, 3.8) is 0 Å². The number of nitrogens with one attached hydrogen (secondary N) is 1. The van der Waals surface area contributed by atoms with Crippen molar-refractivity contribution in [1.29, 1.82) is 0 Å². The van der Waals surface area contributed by atoms with Gasteiger partial charge in [-0.25, -0.2) is 0 Å². The van der Waals surface area contributed by atoms with Crippen molar-refractivity contribution in [3.8, 4) is 0 Å². The Morgan fingerprint density at radius 1 is 1.26 bits per heavy atom. The summed E-state index contributed by atoms with van der Waals surface area (Å²) in [6.45, 7) is 5.18. The zero-order valence-electron chi connectivity index (χ0n) is 13.5. The van der Waals surface area contributed by atoms with Crippen LogP contribution in [0, 0.1) is 5.92 Å². The van der Waals surface area contributed by atoms with E-state index in [4.69, 9.17) is 0 Å². The number of rotatable bonds is 5. The van der Waals surface area contributed by atoms with Gasteiger partial charge in [0.25, 0.3) is 0 Å². The third-order valence-corrected chi connectivity index (χ3v) is 5.40. The molecule has 3 rings (SSSR count). The van der Waals surface area contributed by atoms with E-state index in [0.29, 0.717) is 11.6 Å². The van der Waals surface area contributed by atoms with Crippen LogP contribution >= 0.6 is 11.3 Å². The molecule has 0 bridgehead atoms. The summed E-state index contributed by atoms with van der Waals surface area (Å²) in [4.78, 5) is 27.7. The Labute approximate surface area is 140 Å². The second-order valence-electron chi connectivity index (χ2n) is 6.07. The molecule has 23 heavy (non-hydrogen) atoms. The molecule has 1 aromatic rings. The summed E-state index contributed by atoms with van der Waals surface area (Å²) < 4.78 is 0. The lowest BCUT2D eigenvalue weighted by molar-refractivity contribution is -0.125. The van der Waals surface area contributed by atoms with Crippen LogP contribution < -0.4 is 15.1 Å². The highest BCUT2D eigenvalue weighted by Gasteiger charge is 2.29. The van der Waals surface area contributed by atoms with Gasteiger partial charge in [0.1, 0.15) is 0 Å². The first-order chi connectivity index (χ1) is 11.2. The molecule has 0 spiro atoms. The molecule has 2 amide bonds. The molecule has 0 saturated carbocycles. The third kappa shape index (κ3) is 3.63. The van der Waals surface area contributed by atoms with E-state index < -0.39 is 0 Å². The SMILES string of the molecule is CCCNC(=O)C1CCN(c2nnc(N3CCCC3=O)s2)CC1. The minimum Gasteiger partial charge on any atom is -0.356 e. The monoisotopic (exact) mass is 337 g/mol. The summed E-state index contributed by atoms with van der Waals surface area (Å²) in [5.74, 6) is 0.413. The number of carbonyl (C=O) groups excluding carboxylic acids is 2. The standard InChI is InChI=1S/C15H23N5O2S/c1-2-7-16-13(22)11-5-9-19(10-6-11)14-17-18-15(23-14)20-8-3-4-12(20)21/h11H,2-10H2,1H3,(H,16,22). The van der Waals surface area contributed by atoms with E-state index in [2.05, 4.69) is 27.3 Å². The molecule has 1 aromatic heterocycles. The van der Waals surface area contributed by atoms with Crippen LogP contribution in [0.3, 0.4) is 0 Å². The molecule has 2 fully saturated rings. The maximum Gasteiger partial charge on any atom is 0.228 e. The Morgan fingerprint density at radius 3 is 2.65 bits per heavy atom. The molecule has 0 atom stereocenters. The molecular weight excluding hydrogens is 314 g/mol. The van der Waals surface area contributed by atoms with Gasteiger partial charge in [-0.3, -0.25) is 14.5 Å². The fourth-order valence-electron chi connectivity index (χ4n) is 3.02. The van der Waals surface area contributed by atoms with Crippen molar-refractivity contribution in [2.45, 2.75) is 39.0 Å². The predicted octanol–water partition coefficient (Wildman–Crippen LogP) is 1.41. The third-order valence-electron chi connectivity index (χ3n) is 4.39. The van der Waals surface area contributed by atoms with Crippen molar-refractivity contribution in [2.24, 2.45) is 5.92 Å². The minimum atomic E-state index is 0.102. The van der Waals surface area contributed by atoms with Gasteiger partial charge in [0, 0.05) is 38.5 Å². The highest BCUT2D eigenvalue weighted by atomic mass is 32.1. The quantitative estimate of drug-likeness (QED) is 0.879. The Kier molecular flexibility index (Phi) is 5.09. The summed E-state index contributed by atoms with van der Waals surface area (Å²) >= 11 is 1.47. The van der Waals surface area contributed by atoms with E-state index in [-0.39, 0.29) is 17.7 Å². The number of anilines is 2. The number of aromatic nitrogens is 2. The smallest absolute Gasteiger partial charge is 0.228 e. The van der Waals surface area contributed by atoms with Crippen LogP contribution in [0.2, 0.25) is 0 Å². The number of hydrogen-bond acceptors (Lipinski definition) is 6. The fraction of sp³-hybridized carbons (Fsp3) is 0.733. The average molecular weight is 337 g/mol. The van der Waals surface area contributed by atoms with Crippen LogP contribution in [-0.2, 0) is 9.59 Å². The topological polar surface area (TPSA) is 78.4 Å². The minimum absolute atomic E-state index is 0.102. The molecule has 8 heteroatoms. The number of piperidine rings is 1.